The summed E-state index contributed by atoms with van der Waals surface area (Å²) in [6.07, 6.45) is 20.7. The summed E-state index contributed by atoms with van der Waals surface area (Å²) in [5, 5.41) is 0. The van der Waals surface area contributed by atoms with E-state index in [1.807, 2.05) is 54.7 Å². The van der Waals surface area contributed by atoms with Crippen molar-refractivity contribution in [2.75, 3.05) is 7.11 Å². The van der Waals surface area contributed by atoms with E-state index in [9.17, 15) is 4.79 Å². The lowest BCUT2D eigenvalue weighted by Crippen LogP contribution is -1.96. The predicted molar refractivity (Wildman–Crippen MR) is 72.5 cm³/mol. The zero-order chi connectivity index (χ0) is 12.8. The molecule has 0 N–H and O–H groups in total. The molecule has 0 aliphatic heterocycles. The van der Waals surface area contributed by atoms with Crippen LogP contribution in [0.5, 0.6) is 0 Å². The van der Waals surface area contributed by atoms with Crippen LogP contribution in [0.4, 0.5) is 0 Å². The van der Waals surface area contributed by atoms with Crippen molar-refractivity contribution < 1.29 is 9.53 Å². The Morgan fingerprint density at radius 1 is 0.941 bits per heavy atom. The molecular formula is C15H18O2. The highest BCUT2D eigenvalue weighted by atomic mass is 16.5. The van der Waals surface area contributed by atoms with Crippen molar-refractivity contribution in [1.82, 2.24) is 0 Å². The Bertz CT molecular complexity index is 355. The molecule has 0 aliphatic rings. The Hall–Kier alpha value is -2.09. The van der Waals surface area contributed by atoms with Crippen molar-refractivity contribution in [3.63, 3.8) is 0 Å². The van der Waals surface area contributed by atoms with Crippen LogP contribution in [0, 0.1) is 0 Å². The van der Waals surface area contributed by atoms with Crippen LogP contribution in [-0.2, 0) is 9.53 Å². The topological polar surface area (TPSA) is 26.3 Å². The maximum atomic E-state index is 10.7. The van der Waals surface area contributed by atoms with Gasteiger partial charge < -0.3 is 4.74 Å². The Morgan fingerprint density at radius 2 is 1.41 bits per heavy atom. The van der Waals surface area contributed by atoms with E-state index >= 15 is 0 Å². The molecule has 0 saturated carbocycles. The quantitative estimate of drug-likeness (QED) is 0.494. The number of ether oxygens (including phenoxy) is 1. The van der Waals surface area contributed by atoms with E-state index in [2.05, 4.69) is 11.3 Å². The first kappa shape index (κ1) is 14.9. The van der Waals surface area contributed by atoms with Crippen LogP contribution in [0.3, 0.4) is 0 Å². The van der Waals surface area contributed by atoms with Crippen molar-refractivity contribution >= 4 is 5.97 Å². The fraction of sp³-hybridized carbons (Fsp3) is 0.133. The Kier molecular flexibility index (Phi) is 10.5. The second-order valence-corrected chi connectivity index (χ2v) is 2.98. The molecule has 2 nitrogen and oxygen atoms in total. The molecule has 0 amide bonds. The van der Waals surface area contributed by atoms with Crippen LogP contribution < -0.4 is 0 Å². The first-order chi connectivity index (χ1) is 8.31. The van der Waals surface area contributed by atoms with E-state index in [4.69, 9.17) is 0 Å². The SMILES string of the molecule is C=C/C=C/C=C/C=C/C=C/C=C/CC(=O)OC. The fourth-order valence-corrected chi connectivity index (χ4v) is 0.854. The number of methoxy groups -OCH3 is 1. The number of rotatable bonds is 7. The van der Waals surface area contributed by atoms with Crippen molar-refractivity contribution in [2.24, 2.45) is 0 Å². The standard InChI is InChI=1S/C15H18O2/c1-3-4-5-6-7-8-9-10-11-12-13-14-15(16)17-2/h3-13H,1,14H2,2H3/b5-4+,7-6+,9-8+,11-10+,13-12+. The van der Waals surface area contributed by atoms with E-state index < -0.39 is 0 Å². The molecule has 0 aromatic rings. The molecular weight excluding hydrogens is 212 g/mol. The van der Waals surface area contributed by atoms with Gasteiger partial charge in [-0.25, -0.2) is 0 Å². The molecule has 0 atom stereocenters. The average molecular weight is 230 g/mol. The second-order valence-electron chi connectivity index (χ2n) is 2.98. The van der Waals surface area contributed by atoms with Gasteiger partial charge in [-0.1, -0.05) is 73.4 Å². The minimum absolute atomic E-state index is 0.234. The zero-order valence-electron chi connectivity index (χ0n) is 10.1. The van der Waals surface area contributed by atoms with Crippen LogP contribution in [-0.4, -0.2) is 13.1 Å². The third-order valence-electron chi connectivity index (χ3n) is 1.67. The van der Waals surface area contributed by atoms with E-state index in [1.165, 1.54) is 7.11 Å². The van der Waals surface area contributed by atoms with Crippen molar-refractivity contribution in [2.45, 2.75) is 6.42 Å². The number of esters is 1. The molecule has 2 heteroatoms. The average Bonchev–Trinajstić information content (AvgIpc) is 2.35. The monoisotopic (exact) mass is 230 g/mol. The number of allylic oxidation sites excluding steroid dienone is 10. The highest BCUT2D eigenvalue weighted by molar-refractivity contribution is 5.70. The lowest BCUT2D eigenvalue weighted by atomic mass is 10.3. The van der Waals surface area contributed by atoms with E-state index in [1.54, 1.807) is 12.2 Å². The van der Waals surface area contributed by atoms with Gasteiger partial charge in [0.15, 0.2) is 0 Å². The van der Waals surface area contributed by atoms with Crippen LogP contribution in [0.25, 0.3) is 0 Å². The summed E-state index contributed by atoms with van der Waals surface area (Å²) in [6.45, 7) is 3.56. The summed E-state index contributed by atoms with van der Waals surface area (Å²) in [6, 6.07) is 0. The van der Waals surface area contributed by atoms with Gasteiger partial charge in [-0.05, 0) is 0 Å². The van der Waals surface area contributed by atoms with Crippen LogP contribution in [0.1, 0.15) is 6.42 Å². The summed E-state index contributed by atoms with van der Waals surface area (Å²) >= 11 is 0. The summed E-state index contributed by atoms with van der Waals surface area (Å²) in [4.78, 5) is 10.7. The first-order valence-corrected chi connectivity index (χ1v) is 5.32. The minimum Gasteiger partial charge on any atom is -0.469 e. The van der Waals surface area contributed by atoms with Gasteiger partial charge in [0, 0.05) is 0 Å². The van der Waals surface area contributed by atoms with Gasteiger partial charge >= 0.3 is 5.97 Å². The molecule has 0 aliphatic carbocycles. The molecule has 0 unspecified atom stereocenters. The first-order valence-electron chi connectivity index (χ1n) is 5.32. The van der Waals surface area contributed by atoms with Crippen LogP contribution in [0.15, 0.2) is 73.4 Å². The van der Waals surface area contributed by atoms with Crippen molar-refractivity contribution in [1.29, 1.82) is 0 Å². The lowest BCUT2D eigenvalue weighted by Gasteiger charge is -1.89. The second kappa shape index (κ2) is 12.0. The molecule has 0 saturated heterocycles. The maximum Gasteiger partial charge on any atom is 0.309 e. The van der Waals surface area contributed by atoms with Crippen LogP contribution >= 0.6 is 0 Å². The molecule has 0 aromatic carbocycles. The van der Waals surface area contributed by atoms with Crippen LogP contribution in [0.2, 0.25) is 0 Å². The number of hydrogen-bond acceptors (Lipinski definition) is 2. The smallest absolute Gasteiger partial charge is 0.309 e. The van der Waals surface area contributed by atoms with E-state index in [-0.39, 0.29) is 5.97 Å². The number of carbonyl (C=O) groups excluding carboxylic acids is 1. The van der Waals surface area contributed by atoms with E-state index in [0.29, 0.717) is 6.42 Å². The van der Waals surface area contributed by atoms with Crippen molar-refractivity contribution in [3.8, 4) is 0 Å². The Balaban J connectivity index is 3.76. The largest absolute Gasteiger partial charge is 0.469 e. The van der Waals surface area contributed by atoms with Gasteiger partial charge in [-0.3, -0.25) is 4.79 Å². The van der Waals surface area contributed by atoms with Crippen molar-refractivity contribution in [3.05, 3.63) is 73.4 Å². The van der Waals surface area contributed by atoms with Gasteiger partial charge in [0.25, 0.3) is 0 Å². The third-order valence-corrected chi connectivity index (χ3v) is 1.67. The van der Waals surface area contributed by atoms with Gasteiger partial charge in [0.2, 0.25) is 0 Å². The highest BCUT2D eigenvalue weighted by Gasteiger charge is 1.91. The summed E-state index contributed by atoms with van der Waals surface area (Å²) in [5.41, 5.74) is 0. The van der Waals surface area contributed by atoms with Gasteiger partial charge in [-0.15, -0.1) is 0 Å². The summed E-state index contributed by atoms with van der Waals surface area (Å²) in [5.74, 6) is -0.234. The van der Waals surface area contributed by atoms with Gasteiger partial charge in [0.1, 0.15) is 0 Å². The maximum absolute atomic E-state index is 10.7. The summed E-state index contributed by atoms with van der Waals surface area (Å²) in [7, 11) is 1.38. The normalized spacial score (nSPS) is 12.5. The molecule has 0 fully saturated rings. The number of carbonyl (C=O) groups is 1. The van der Waals surface area contributed by atoms with Gasteiger partial charge in [-0.2, -0.15) is 0 Å². The molecule has 0 spiro atoms. The molecule has 17 heavy (non-hydrogen) atoms. The molecule has 0 bridgehead atoms. The minimum atomic E-state index is -0.234. The molecule has 0 radical (unpaired) electrons. The predicted octanol–water partition coefficient (Wildman–Crippen LogP) is 3.52. The fourth-order valence-electron chi connectivity index (χ4n) is 0.854. The zero-order valence-corrected chi connectivity index (χ0v) is 10.1. The summed E-state index contributed by atoms with van der Waals surface area (Å²) < 4.78 is 4.49. The Morgan fingerprint density at radius 3 is 1.88 bits per heavy atom. The van der Waals surface area contributed by atoms with E-state index in [0.717, 1.165) is 0 Å². The third kappa shape index (κ3) is 11.8. The Labute approximate surface area is 103 Å². The lowest BCUT2D eigenvalue weighted by molar-refractivity contribution is -0.139. The molecule has 0 heterocycles. The molecule has 0 aromatic heterocycles. The molecule has 90 valence electrons. The molecule has 0 rings (SSSR count). The highest BCUT2D eigenvalue weighted by Crippen LogP contribution is 1.88. The number of hydrogen-bond donors (Lipinski definition) is 0. The van der Waals surface area contributed by atoms with Gasteiger partial charge in [0.05, 0.1) is 13.5 Å².